The zero-order valence-electron chi connectivity index (χ0n) is 19.1. The number of carboxylic acid groups (broad SMARTS) is 1. The van der Waals surface area contributed by atoms with Crippen LogP contribution in [0.15, 0.2) is 48.5 Å². The molecule has 0 radical (unpaired) electrons. The Morgan fingerprint density at radius 1 is 1.03 bits per heavy atom. The standard InChI is InChI=1S/C29H34O3/c1-29-17-16-23-22-12-11-21(28(31)32)18-20(22)10-13-24(23)25(29)14-15-26(29)27(30)9-5-8-19-6-3-2-4-7-19/h2-4,6-7,11-12,18,23-26H,5,8-10,13-17H2,1H3,(H,31,32)/t23-,24-,25+,26-,29+/m1/s1. The predicted molar refractivity (Wildman–Crippen MR) is 126 cm³/mol. The lowest BCUT2D eigenvalue weighted by Gasteiger charge is -2.50. The van der Waals surface area contributed by atoms with Gasteiger partial charge >= 0.3 is 5.97 Å². The van der Waals surface area contributed by atoms with E-state index in [9.17, 15) is 14.7 Å². The summed E-state index contributed by atoms with van der Waals surface area (Å²) in [6.07, 6.45) is 9.23. The van der Waals surface area contributed by atoms with E-state index in [1.54, 1.807) is 6.07 Å². The highest BCUT2D eigenvalue weighted by atomic mass is 16.4. The Labute approximate surface area is 191 Å². The van der Waals surface area contributed by atoms with Gasteiger partial charge in [-0.15, -0.1) is 0 Å². The molecule has 3 nitrogen and oxygen atoms in total. The summed E-state index contributed by atoms with van der Waals surface area (Å²) in [5.41, 5.74) is 4.49. The zero-order chi connectivity index (χ0) is 22.3. The van der Waals surface area contributed by atoms with Gasteiger partial charge in [-0.1, -0.05) is 43.3 Å². The van der Waals surface area contributed by atoms with Crippen LogP contribution in [-0.4, -0.2) is 16.9 Å². The molecular formula is C29H34O3. The van der Waals surface area contributed by atoms with E-state index in [1.165, 1.54) is 23.1 Å². The molecule has 0 spiro atoms. The molecule has 3 heteroatoms. The van der Waals surface area contributed by atoms with Crippen LogP contribution < -0.4 is 0 Å². The molecule has 0 aliphatic heterocycles. The summed E-state index contributed by atoms with van der Waals surface area (Å²) in [4.78, 5) is 24.7. The van der Waals surface area contributed by atoms with Crippen LogP contribution >= 0.6 is 0 Å². The summed E-state index contributed by atoms with van der Waals surface area (Å²) in [7, 11) is 0. The van der Waals surface area contributed by atoms with Gasteiger partial charge in [0.25, 0.3) is 0 Å². The van der Waals surface area contributed by atoms with E-state index in [0.29, 0.717) is 35.5 Å². The summed E-state index contributed by atoms with van der Waals surface area (Å²) in [6.45, 7) is 2.41. The first-order chi connectivity index (χ1) is 15.5. The molecule has 2 saturated carbocycles. The Hall–Kier alpha value is -2.42. The molecule has 3 aliphatic rings. The lowest BCUT2D eigenvalue weighted by Crippen LogP contribution is -2.44. The van der Waals surface area contributed by atoms with Crippen molar-refractivity contribution >= 4 is 11.8 Å². The van der Waals surface area contributed by atoms with Crippen LogP contribution in [0.5, 0.6) is 0 Å². The Bertz CT molecular complexity index is 1010. The lowest BCUT2D eigenvalue weighted by atomic mass is 9.53. The zero-order valence-corrected chi connectivity index (χ0v) is 19.1. The van der Waals surface area contributed by atoms with Crippen molar-refractivity contribution in [2.75, 3.05) is 0 Å². The van der Waals surface area contributed by atoms with E-state index >= 15 is 0 Å². The number of Topliss-reactive ketones (excluding diaryl/α,β-unsaturated/α-hetero) is 1. The SMILES string of the molecule is C[C@]12CC[C@@H]3c4ccc(C(=O)O)cc4CC[C@H]3[C@@H]1CC[C@@H]2C(=O)CCCc1ccccc1. The maximum Gasteiger partial charge on any atom is 0.335 e. The minimum atomic E-state index is -0.837. The van der Waals surface area contributed by atoms with Gasteiger partial charge in [-0.05, 0) is 103 Å². The molecule has 0 saturated heterocycles. The molecule has 0 aromatic heterocycles. The quantitative estimate of drug-likeness (QED) is 0.573. The van der Waals surface area contributed by atoms with Gasteiger partial charge in [0.1, 0.15) is 5.78 Å². The van der Waals surface area contributed by atoms with Gasteiger partial charge in [-0.3, -0.25) is 4.79 Å². The Kier molecular flexibility index (Phi) is 5.69. The number of aryl methyl sites for hydroxylation is 2. The number of fused-ring (bicyclic) bond motifs is 5. The van der Waals surface area contributed by atoms with Gasteiger partial charge in [0.15, 0.2) is 0 Å². The third-order valence-electron chi connectivity index (χ3n) is 9.09. The molecule has 3 aliphatic carbocycles. The summed E-state index contributed by atoms with van der Waals surface area (Å²) < 4.78 is 0. The molecular weight excluding hydrogens is 396 g/mol. The smallest absolute Gasteiger partial charge is 0.335 e. The highest BCUT2D eigenvalue weighted by molar-refractivity contribution is 5.88. The van der Waals surface area contributed by atoms with Gasteiger partial charge in [0, 0.05) is 12.3 Å². The fraction of sp³-hybridized carbons (Fsp3) is 0.517. The summed E-state index contributed by atoms with van der Waals surface area (Å²) in [5.74, 6) is 1.67. The highest BCUT2D eigenvalue weighted by Gasteiger charge is 2.56. The molecule has 2 aromatic carbocycles. The van der Waals surface area contributed by atoms with E-state index in [1.807, 2.05) is 12.1 Å². The number of carboxylic acids is 1. The van der Waals surface area contributed by atoms with Crippen LogP contribution in [0.25, 0.3) is 0 Å². The normalized spacial score (nSPS) is 30.8. The second-order valence-electron chi connectivity index (χ2n) is 10.6. The monoisotopic (exact) mass is 430 g/mol. The van der Waals surface area contributed by atoms with Gasteiger partial charge in [-0.25, -0.2) is 4.79 Å². The first-order valence-electron chi connectivity index (χ1n) is 12.4. The van der Waals surface area contributed by atoms with E-state index in [2.05, 4.69) is 37.3 Å². The molecule has 2 aromatic rings. The van der Waals surface area contributed by atoms with Gasteiger partial charge in [-0.2, -0.15) is 0 Å². The van der Waals surface area contributed by atoms with Gasteiger partial charge < -0.3 is 5.11 Å². The van der Waals surface area contributed by atoms with E-state index in [0.717, 1.165) is 44.9 Å². The molecule has 1 N–H and O–H groups in total. The summed E-state index contributed by atoms with van der Waals surface area (Å²) in [6, 6.07) is 16.3. The predicted octanol–water partition coefficient (Wildman–Crippen LogP) is 6.45. The number of aromatic carboxylic acids is 1. The lowest BCUT2D eigenvalue weighted by molar-refractivity contribution is -0.128. The number of carbonyl (C=O) groups excluding carboxylic acids is 1. The van der Waals surface area contributed by atoms with E-state index in [-0.39, 0.29) is 11.3 Å². The van der Waals surface area contributed by atoms with Crippen molar-refractivity contribution in [3.8, 4) is 0 Å². The summed E-state index contributed by atoms with van der Waals surface area (Å²) in [5, 5.41) is 9.35. The van der Waals surface area contributed by atoms with Crippen LogP contribution in [0.4, 0.5) is 0 Å². The molecule has 0 bridgehead atoms. The Morgan fingerprint density at radius 2 is 1.84 bits per heavy atom. The highest BCUT2D eigenvalue weighted by Crippen LogP contribution is 2.63. The third-order valence-corrected chi connectivity index (χ3v) is 9.09. The van der Waals surface area contributed by atoms with Crippen molar-refractivity contribution in [2.45, 2.75) is 70.6 Å². The third kappa shape index (κ3) is 3.70. The van der Waals surface area contributed by atoms with E-state index in [4.69, 9.17) is 0 Å². The van der Waals surface area contributed by atoms with E-state index < -0.39 is 5.97 Å². The second kappa shape index (κ2) is 8.50. The second-order valence-corrected chi connectivity index (χ2v) is 10.6. The fourth-order valence-corrected chi connectivity index (χ4v) is 7.53. The molecule has 2 fully saturated rings. The molecule has 0 amide bonds. The van der Waals surface area contributed by atoms with Crippen LogP contribution in [0.1, 0.15) is 84.8 Å². The number of carbonyl (C=O) groups is 2. The van der Waals surface area contributed by atoms with Crippen LogP contribution in [-0.2, 0) is 17.6 Å². The molecule has 32 heavy (non-hydrogen) atoms. The van der Waals surface area contributed by atoms with Crippen molar-refractivity contribution in [3.05, 3.63) is 70.8 Å². The number of benzene rings is 2. The summed E-state index contributed by atoms with van der Waals surface area (Å²) >= 11 is 0. The number of ketones is 1. The van der Waals surface area contributed by atoms with Crippen molar-refractivity contribution in [1.82, 2.24) is 0 Å². The fourth-order valence-electron chi connectivity index (χ4n) is 7.53. The van der Waals surface area contributed by atoms with Crippen LogP contribution in [0.2, 0.25) is 0 Å². The van der Waals surface area contributed by atoms with Crippen LogP contribution in [0.3, 0.4) is 0 Å². The van der Waals surface area contributed by atoms with Crippen molar-refractivity contribution in [2.24, 2.45) is 23.2 Å². The minimum Gasteiger partial charge on any atom is -0.478 e. The van der Waals surface area contributed by atoms with Crippen LogP contribution in [0, 0.1) is 23.2 Å². The maximum atomic E-state index is 13.3. The van der Waals surface area contributed by atoms with Crippen molar-refractivity contribution in [1.29, 1.82) is 0 Å². The first-order valence-corrected chi connectivity index (χ1v) is 12.4. The van der Waals surface area contributed by atoms with Gasteiger partial charge in [0.05, 0.1) is 5.56 Å². The molecule has 0 heterocycles. The molecule has 168 valence electrons. The van der Waals surface area contributed by atoms with Gasteiger partial charge in [0.2, 0.25) is 0 Å². The Balaban J connectivity index is 1.27. The maximum absolute atomic E-state index is 13.3. The minimum absolute atomic E-state index is 0.142. The first kappa shape index (κ1) is 21.4. The molecule has 5 rings (SSSR count). The van der Waals surface area contributed by atoms with Crippen molar-refractivity contribution < 1.29 is 14.7 Å². The molecule has 5 atom stereocenters. The average Bonchev–Trinajstić information content (AvgIpc) is 3.16. The molecule has 0 unspecified atom stereocenters. The average molecular weight is 431 g/mol. The topological polar surface area (TPSA) is 54.4 Å². The number of hydrogen-bond acceptors (Lipinski definition) is 2. The largest absolute Gasteiger partial charge is 0.478 e. The number of hydrogen-bond donors (Lipinski definition) is 1. The van der Waals surface area contributed by atoms with Crippen molar-refractivity contribution in [3.63, 3.8) is 0 Å². The Morgan fingerprint density at radius 3 is 2.62 bits per heavy atom. The number of rotatable bonds is 6.